The maximum Gasteiger partial charge on any atom is 0.313 e. The van der Waals surface area contributed by atoms with Crippen molar-refractivity contribution >= 4 is 11.9 Å². The minimum Gasteiger partial charge on any atom is -0.862 e. The van der Waals surface area contributed by atoms with Crippen molar-refractivity contribution in [3.8, 4) is 0 Å². The SMILES string of the molecule is CCOC(=O)C1(CN=C([O-])Cc2c(C)cc(C)cc2C)CCCC1. The Morgan fingerprint density at radius 2 is 1.79 bits per heavy atom. The van der Waals surface area contributed by atoms with E-state index in [4.69, 9.17) is 4.74 Å². The zero-order valence-corrected chi connectivity index (χ0v) is 15.3. The van der Waals surface area contributed by atoms with E-state index in [2.05, 4.69) is 24.0 Å². The third-order valence-electron chi connectivity index (χ3n) is 5.00. The molecule has 0 radical (unpaired) electrons. The van der Waals surface area contributed by atoms with Crippen LogP contribution in [0.1, 0.15) is 54.9 Å². The van der Waals surface area contributed by atoms with Crippen molar-refractivity contribution in [2.24, 2.45) is 10.4 Å². The van der Waals surface area contributed by atoms with Gasteiger partial charge in [0.05, 0.1) is 18.6 Å². The summed E-state index contributed by atoms with van der Waals surface area (Å²) in [6.07, 6.45) is 3.84. The van der Waals surface area contributed by atoms with Gasteiger partial charge < -0.3 is 14.8 Å². The first kappa shape index (κ1) is 18.5. The molecule has 4 heteroatoms. The van der Waals surface area contributed by atoms with E-state index in [1.807, 2.05) is 20.8 Å². The fraction of sp³-hybridized carbons (Fsp3) is 0.600. The number of aryl methyl sites for hydroxylation is 3. The first-order valence-electron chi connectivity index (χ1n) is 8.82. The summed E-state index contributed by atoms with van der Waals surface area (Å²) >= 11 is 0. The van der Waals surface area contributed by atoms with Gasteiger partial charge >= 0.3 is 5.97 Å². The second-order valence-electron chi connectivity index (χ2n) is 6.97. The fourth-order valence-corrected chi connectivity index (χ4v) is 3.70. The number of hydrogen-bond acceptors (Lipinski definition) is 4. The molecule has 0 spiro atoms. The number of esters is 1. The Labute approximate surface area is 144 Å². The molecule has 0 aliphatic heterocycles. The molecule has 1 aromatic rings. The third kappa shape index (κ3) is 4.16. The van der Waals surface area contributed by atoms with Crippen LogP contribution in [0, 0.1) is 26.2 Å². The van der Waals surface area contributed by atoms with Gasteiger partial charge in [0.15, 0.2) is 0 Å². The van der Waals surface area contributed by atoms with E-state index in [9.17, 15) is 9.90 Å². The number of nitrogens with zero attached hydrogens (tertiary/aromatic N) is 1. The molecule has 0 amide bonds. The molecular weight excluding hydrogens is 302 g/mol. The van der Waals surface area contributed by atoms with Gasteiger partial charge in [-0.2, -0.15) is 0 Å². The number of carbonyl (C=O) groups excluding carboxylic acids is 1. The molecule has 0 atom stereocenters. The van der Waals surface area contributed by atoms with Gasteiger partial charge in [-0.1, -0.05) is 30.5 Å². The fourth-order valence-electron chi connectivity index (χ4n) is 3.70. The number of carbonyl (C=O) groups is 1. The lowest BCUT2D eigenvalue weighted by molar-refractivity contribution is -0.218. The molecule has 2 rings (SSSR count). The minimum absolute atomic E-state index is 0.152. The lowest BCUT2D eigenvalue weighted by atomic mass is 9.86. The first-order valence-corrected chi connectivity index (χ1v) is 8.82. The summed E-state index contributed by atoms with van der Waals surface area (Å²) in [6, 6.07) is 4.18. The highest BCUT2D eigenvalue weighted by Crippen LogP contribution is 2.39. The van der Waals surface area contributed by atoms with Crippen LogP contribution in [0.5, 0.6) is 0 Å². The number of hydrogen-bond donors (Lipinski definition) is 0. The van der Waals surface area contributed by atoms with Crippen LogP contribution in [0.3, 0.4) is 0 Å². The Hall–Kier alpha value is -1.84. The van der Waals surface area contributed by atoms with Crippen molar-refractivity contribution in [1.29, 1.82) is 0 Å². The smallest absolute Gasteiger partial charge is 0.313 e. The van der Waals surface area contributed by atoms with Crippen molar-refractivity contribution in [1.82, 2.24) is 0 Å². The van der Waals surface area contributed by atoms with Gasteiger partial charge in [-0.3, -0.25) is 4.79 Å². The van der Waals surface area contributed by atoms with Gasteiger partial charge in [-0.15, -0.1) is 0 Å². The lowest BCUT2D eigenvalue weighted by Crippen LogP contribution is -2.34. The molecule has 1 aromatic carbocycles. The topological polar surface area (TPSA) is 61.7 Å². The summed E-state index contributed by atoms with van der Waals surface area (Å²) in [6.45, 7) is 8.55. The second kappa shape index (κ2) is 7.82. The zero-order valence-electron chi connectivity index (χ0n) is 15.3. The van der Waals surface area contributed by atoms with E-state index >= 15 is 0 Å². The van der Waals surface area contributed by atoms with Crippen molar-refractivity contribution in [3.05, 3.63) is 34.4 Å². The first-order chi connectivity index (χ1) is 11.4. The Kier molecular flexibility index (Phi) is 6.03. The highest BCUT2D eigenvalue weighted by Gasteiger charge is 2.42. The molecule has 1 fully saturated rings. The molecule has 1 aliphatic carbocycles. The van der Waals surface area contributed by atoms with Crippen LogP contribution in [-0.4, -0.2) is 25.0 Å². The summed E-state index contributed by atoms with van der Waals surface area (Å²) in [5.41, 5.74) is 3.91. The predicted octanol–water partition coefficient (Wildman–Crippen LogP) is 3.04. The molecule has 1 saturated carbocycles. The lowest BCUT2D eigenvalue weighted by Gasteiger charge is -2.26. The van der Waals surface area contributed by atoms with Crippen LogP contribution in [0.2, 0.25) is 0 Å². The normalized spacial score (nSPS) is 17.1. The highest BCUT2D eigenvalue weighted by molar-refractivity contribution is 5.79. The quantitative estimate of drug-likeness (QED) is 0.457. The maximum absolute atomic E-state index is 12.4. The molecule has 0 saturated heterocycles. The second-order valence-corrected chi connectivity index (χ2v) is 6.97. The summed E-state index contributed by atoms with van der Waals surface area (Å²) in [4.78, 5) is 16.5. The molecule has 24 heavy (non-hydrogen) atoms. The maximum atomic E-state index is 12.4. The Bertz CT molecular complexity index is 605. The van der Waals surface area contributed by atoms with Gasteiger partial charge in [0.2, 0.25) is 0 Å². The summed E-state index contributed by atoms with van der Waals surface area (Å²) in [5, 5.41) is 12.4. The zero-order chi connectivity index (χ0) is 17.7. The largest absolute Gasteiger partial charge is 0.862 e. The van der Waals surface area contributed by atoms with Gasteiger partial charge in [-0.05, 0) is 63.1 Å². The molecule has 0 unspecified atom stereocenters. The molecule has 0 N–H and O–H groups in total. The molecule has 0 aromatic heterocycles. The number of aliphatic imine (C=N–C) groups is 1. The van der Waals surface area contributed by atoms with Gasteiger partial charge in [0.25, 0.3) is 0 Å². The Morgan fingerprint density at radius 3 is 2.33 bits per heavy atom. The van der Waals surface area contributed by atoms with Crippen molar-refractivity contribution in [2.45, 2.75) is 59.8 Å². The van der Waals surface area contributed by atoms with Crippen LogP contribution in [0.15, 0.2) is 17.1 Å². The van der Waals surface area contributed by atoms with Crippen LogP contribution >= 0.6 is 0 Å². The average molecular weight is 330 g/mol. The highest BCUT2D eigenvalue weighted by atomic mass is 16.5. The van der Waals surface area contributed by atoms with E-state index in [1.165, 1.54) is 5.56 Å². The Balaban J connectivity index is 2.12. The summed E-state index contributed by atoms with van der Waals surface area (Å²) < 4.78 is 5.22. The van der Waals surface area contributed by atoms with Crippen molar-refractivity contribution in [3.63, 3.8) is 0 Å². The van der Waals surface area contributed by atoms with E-state index in [0.29, 0.717) is 13.0 Å². The van der Waals surface area contributed by atoms with Gasteiger partial charge in [0, 0.05) is 6.42 Å². The van der Waals surface area contributed by atoms with Crippen LogP contribution in [0.25, 0.3) is 0 Å². The van der Waals surface area contributed by atoms with Crippen molar-refractivity contribution in [2.75, 3.05) is 13.2 Å². The van der Waals surface area contributed by atoms with Crippen LogP contribution in [0.4, 0.5) is 0 Å². The van der Waals surface area contributed by atoms with Crippen LogP contribution in [-0.2, 0) is 16.0 Å². The molecule has 1 aliphatic rings. The van der Waals surface area contributed by atoms with E-state index in [1.54, 1.807) is 0 Å². The van der Waals surface area contributed by atoms with Gasteiger partial charge in [0.1, 0.15) is 0 Å². The standard InChI is InChI=1S/C20H29NO3/c1-5-24-19(23)20(8-6-7-9-20)13-21-18(22)12-17-15(3)10-14(2)11-16(17)4/h10-11H,5-9,12-13H2,1-4H3,(H,21,22)/p-1. The van der Waals surface area contributed by atoms with E-state index in [-0.39, 0.29) is 18.4 Å². The number of ether oxygens (including phenoxy) is 1. The molecule has 4 nitrogen and oxygen atoms in total. The molecular formula is C20H28NO3-. The number of benzene rings is 1. The molecule has 0 heterocycles. The number of rotatable bonds is 6. The summed E-state index contributed by atoms with van der Waals surface area (Å²) in [7, 11) is 0. The minimum atomic E-state index is -0.580. The molecule has 132 valence electrons. The molecule has 0 bridgehead atoms. The third-order valence-corrected chi connectivity index (χ3v) is 5.00. The monoisotopic (exact) mass is 330 g/mol. The van der Waals surface area contributed by atoms with E-state index < -0.39 is 5.41 Å². The average Bonchev–Trinajstić information content (AvgIpc) is 2.99. The summed E-state index contributed by atoms with van der Waals surface area (Å²) in [5.74, 6) is -0.345. The Morgan fingerprint density at radius 1 is 1.21 bits per heavy atom. The van der Waals surface area contributed by atoms with Crippen LogP contribution < -0.4 is 5.11 Å². The van der Waals surface area contributed by atoms with Gasteiger partial charge in [-0.25, -0.2) is 0 Å². The van der Waals surface area contributed by atoms with E-state index in [0.717, 1.165) is 42.4 Å². The van der Waals surface area contributed by atoms with Crippen molar-refractivity contribution < 1.29 is 14.6 Å². The predicted molar refractivity (Wildman–Crippen MR) is 94.2 cm³/mol.